The van der Waals surface area contributed by atoms with Crippen molar-refractivity contribution in [3.63, 3.8) is 0 Å². The van der Waals surface area contributed by atoms with E-state index < -0.39 is 0 Å². The third-order valence-electron chi connectivity index (χ3n) is 5.36. The van der Waals surface area contributed by atoms with Crippen LogP contribution in [0.4, 0.5) is 5.69 Å². The lowest BCUT2D eigenvalue weighted by Gasteiger charge is -2.17. The molecular formula is C20H23ClN2O. The van der Waals surface area contributed by atoms with Gasteiger partial charge in [0.2, 0.25) is 5.91 Å². The molecule has 2 aromatic carbocycles. The fourth-order valence-corrected chi connectivity index (χ4v) is 4.12. The van der Waals surface area contributed by atoms with Crippen LogP contribution in [-0.2, 0) is 11.2 Å². The smallest absolute Gasteiger partial charge is 0.227 e. The van der Waals surface area contributed by atoms with E-state index in [0.717, 1.165) is 31.4 Å². The molecule has 2 atom stereocenters. The molecule has 2 aromatic rings. The molecule has 2 aliphatic carbocycles. The maximum absolute atomic E-state index is 12.5. The van der Waals surface area contributed by atoms with Crippen molar-refractivity contribution in [3.05, 3.63) is 53.6 Å². The number of benzene rings is 2. The molecule has 0 aromatic heterocycles. The lowest BCUT2D eigenvalue weighted by Crippen LogP contribution is -2.29. The zero-order valence-corrected chi connectivity index (χ0v) is 14.4. The quantitative estimate of drug-likeness (QED) is 0.756. The number of hydrogen-bond donors (Lipinski definition) is 2. The number of nitrogens with one attached hydrogen (secondary N) is 1. The Morgan fingerprint density at radius 3 is 2.71 bits per heavy atom. The van der Waals surface area contributed by atoms with Crippen LogP contribution >= 0.6 is 12.4 Å². The van der Waals surface area contributed by atoms with Gasteiger partial charge in [-0.1, -0.05) is 36.8 Å². The lowest BCUT2D eigenvalue weighted by molar-refractivity contribution is -0.120. The molecule has 1 amide bonds. The summed E-state index contributed by atoms with van der Waals surface area (Å²) in [6, 6.07) is 14.8. The number of carbonyl (C=O) groups excluding carboxylic acids is 1. The van der Waals surface area contributed by atoms with Crippen molar-refractivity contribution in [1.82, 2.24) is 0 Å². The van der Waals surface area contributed by atoms with E-state index in [2.05, 4.69) is 41.7 Å². The zero-order chi connectivity index (χ0) is 15.8. The number of fused-ring (bicyclic) bond motifs is 3. The highest BCUT2D eigenvalue weighted by molar-refractivity contribution is 5.93. The molecule has 24 heavy (non-hydrogen) atoms. The molecule has 3 nitrogen and oxygen atoms in total. The Bertz CT molecular complexity index is 759. The molecule has 0 aliphatic heterocycles. The van der Waals surface area contributed by atoms with Crippen LogP contribution in [0.25, 0.3) is 11.1 Å². The van der Waals surface area contributed by atoms with Gasteiger partial charge >= 0.3 is 0 Å². The van der Waals surface area contributed by atoms with Gasteiger partial charge in [0.05, 0.1) is 0 Å². The first-order valence-corrected chi connectivity index (χ1v) is 8.48. The van der Waals surface area contributed by atoms with Gasteiger partial charge in [-0.05, 0) is 66.1 Å². The van der Waals surface area contributed by atoms with Gasteiger partial charge < -0.3 is 11.1 Å². The maximum atomic E-state index is 12.5. The zero-order valence-electron chi connectivity index (χ0n) is 13.6. The van der Waals surface area contributed by atoms with E-state index in [4.69, 9.17) is 5.73 Å². The van der Waals surface area contributed by atoms with E-state index in [9.17, 15) is 4.79 Å². The largest absolute Gasteiger partial charge is 0.330 e. The van der Waals surface area contributed by atoms with Gasteiger partial charge in [-0.15, -0.1) is 12.4 Å². The van der Waals surface area contributed by atoms with Crippen molar-refractivity contribution in [2.45, 2.75) is 25.7 Å². The molecule has 0 radical (unpaired) electrons. The minimum Gasteiger partial charge on any atom is -0.330 e. The van der Waals surface area contributed by atoms with Gasteiger partial charge in [-0.3, -0.25) is 4.79 Å². The van der Waals surface area contributed by atoms with Crippen molar-refractivity contribution < 1.29 is 4.79 Å². The third kappa shape index (κ3) is 2.94. The molecule has 0 bridgehead atoms. The molecule has 0 spiro atoms. The fourth-order valence-electron chi connectivity index (χ4n) is 4.12. The van der Waals surface area contributed by atoms with E-state index in [0.29, 0.717) is 12.5 Å². The molecule has 4 heteroatoms. The Balaban J connectivity index is 0.00000169. The minimum absolute atomic E-state index is 0. The van der Waals surface area contributed by atoms with E-state index >= 15 is 0 Å². The van der Waals surface area contributed by atoms with Crippen LogP contribution in [0, 0.1) is 11.8 Å². The van der Waals surface area contributed by atoms with Gasteiger partial charge in [0.25, 0.3) is 0 Å². The summed E-state index contributed by atoms with van der Waals surface area (Å²) in [7, 11) is 0. The van der Waals surface area contributed by atoms with Crippen LogP contribution in [-0.4, -0.2) is 12.5 Å². The van der Waals surface area contributed by atoms with E-state index in [-0.39, 0.29) is 24.2 Å². The van der Waals surface area contributed by atoms with Crippen molar-refractivity contribution >= 4 is 24.0 Å². The van der Waals surface area contributed by atoms with Gasteiger partial charge in [0.15, 0.2) is 0 Å². The highest BCUT2D eigenvalue weighted by Crippen LogP contribution is 2.38. The highest BCUT2D eigenvalue weighted by atomic mass is 35.5. The number of anilines is 1. The van der Waals surface area contributed by atoms with Gasteiger partial charge in [0.1, 0.15) is 0 Å². The molecular weight excluding hydrogens is 320 g/mol. The molecule has 0 saturated heterocycles. The average Bonchev–Trinajstić information content (AvgIpc) is 3.18. The normalized spacial score (nSPS) is 20.9. The SMILES string of the molecule is Cl.NC[C@H]1CCC[C@H]1C(=O)Nc1ccc2c(c1)Cc1ccccc1-2. The predicted octanol–water partition coefficient (Wildman–Crippen LogP) is 3.99. The number of hydrogen-bond acceptors (Lipinski definition) is 2. The van der Waals surface area contributed by atoms with Crippen LogP contribution < -0.4 is 11.1 Å². The average molecular weight is 343 g/mol. The Kier molecular flexibility index (Phi) is 4.93. The first kappa shape index (κ1) is 17.0. The van der Waals surface area contributed by atoms with E-state index in [1.807, 2.05) is 6.07 Å². The van der Waals surface area contributed by atoms with Crippen molar-refractivity contribution in [1.29, 1.82) is 0 Å². The highest BCUT2D eigenvalue weighted by Gasteiger charge is 2.32. The molecule has 1 fully saturated rings. The Morgan fingerprint density at radius 2 is 1.88 bits per heavy atom. The third-order valence-corrected chi connectivity index (χ3v) is 5.36. The number of rotatable bonds is 3. The Hall–Kier alpha value is -1.84. The van der Waals surface area contributed by atoms with E-state index in [1.54, 1.807) is 0 Å². The molecule has 126 valence electrons. The standard InChI is InChI=1S/C20H22N2O.ClH/c21-12-14-5-3-7-19(14)20(23)22-16-8-9-18-15(11-16)10-13-4-1-2-6-17(13)18;/h1-2,4,6,8-9,11,14,19H,3,5,7,10,12,21H2,(H,22,23);1H/t14-,19-;/m1./s1. The summed E-state index contributed by atoms with van der Waals surface area (Å²) in [5.74, 6) is 0.549. The summed E-state index contributed by atoms with van der Waals surface area (Å²) in [5, 5.41) is 3.11. The number of nitrogens with two attached hydrogens (primary N) is 1. The number of halogens is 1. The molecule has 0 heterocycles. The second-order valence-electron chi connectivity index (χ2n) is 6.73. The van der Waals surface area contributed by atoms with E-state index in [1.165, 1.54) is 22.3 Å². The van der Waals surface area contributed by atoms with Crippen LogP contribution in [0.15, 0.2) is 42.5 Å². The van der Waals surface area contributed by atoms with Crippen molar-refractivity contribution in [2.24, 2.45) is 17.6 Å². The summed E-state index contributed by atoms with van der Waals surface area (Å²) in [6.07, 6.45) is 4.10. The Morgan fingerprint density at radius 1 is 1.08 bits per heavy atom. The molecule has 0 unspecified atom stereocenters. The molecule has 4 rings (SSSR count). The van der Waals surface area contributed by atoms with Gasteiger partial charge in [0, 0.05) is 11.6 Å². The second kappa shape index (κ2) is 6.96. The summed E-state index contributed by atoms with van der Waals surface area (Å²) < 4.78 is 0. The first-order chi connectivity index (χ1) is 11.3. The van der Waals surface area contributed by atoms with Gasteiger partial charge in [-0.2, -0.15) is 0 Å². The second-order valence-corrected chi connectivity index (χ2v) is 6.73. The molecule has 2 aliphatic rings. The summed E-state index contributed by atoms with van der Waals surface area (Å²) in [5.41, 5.74) is 12.0. The number of amides is 1. The predicted molar refractivity (Wildman–Crippen MR) is 100 cm³/mol. The summed E-state index contributed by atoms with van der Waals surface area (Å²) >= 11 is 0. The van der Waals surface area contributed by atoms with Crippen LogP contribution in [0.2, 0.25) is 0 Å². The topological polar surface area (TPSA) is 55.1 Å². The minimum atomic E-state index is 0. The maximum Gasteiger partial charge on any atom is 0.227 e. The van der Waals surface area contributed by atoms with Crippen molar-refractivity contribution in [2.75, 3.05) is 11.9 Å². The fraction of sp³-hybridized carbons (Fsp3) is 0.350. The van der Waals surface area contributed by atoms with Crippen LogP contribution in [0.3, 0.4) is 0 Å². The first-order valence-electron chi connectivity index (χ1n) is 8.48. The summed E-state index contributed by atoms with van der Waals surface area (Å²) in [4.78, 5) is 12.5. The lowest BCUT2D eigenvalue weighted by atomic mass is 9.95. The van der Waals surface area contributed by atoms with Crippen LogP contribution in [0.1, 0.15) is 30.4 Å². The van der Waals surface area contributed by atoms with Crippen molar-refractivity contribution in [3.8, 4) is 11.1 Å². The monoisotopic (exact) mass is 342 g/mol. The molecule has 3 N–H and O–H groups in total. The van der Waals surface area contributed by atoms with Crippen LogP contribution in [0.5, 0.6) is 0 Å². The Labute approximate surface area is 149 Å². The molecule has 1 saturated carbocycles. The summed E-state index contributed by atoms with van der Waals surface area (Å²) in [6.45, 7) is 0.609. The van der Waals surface area contributed by atoms with Gasteiger partial charge in [-0.25, -0.2) is 0 Å². The number of carbonyl (C=O) groups is 1.